The van der Waals surface area contributed by atoms with E-state index in [1.54, 1.807) is 11.1 Å². The van der Waals surface area contributed by atoms with Crippen LogP contribution in [0.15, 0.2) is 41.3 Å². The average molecular weight is 431 g/mol. The standard InChI is InChI=1S/C21H26N4O4S/c1-3-23(13-16-7-5-4-6-8-16)19(27)17-14-24-11-9-21(20(24)22-18(17)26)10-12-25(15-21)30(2,28)29/h4-8,14H,3,9-13,15H2,1-2H3. The minimum atomic E-state index is -3.29. The first-order valence-electron chi connectivity index (χ1n) is 10.1. The molecule has 1 aromatic heterocycles. The van der Waals surface area contributed by atoms with Gasteiger partial charge in [-0.15, -0.1) is 0 Å². The second-order valence-electron chi connectivity index (χ2n) is 8.16. The van der Waals surface area contributed by atoms with Crippen LogP contribution in [0, 0.1) is 0 Å². The number of sulfonamides is 1. The first-order chi connectivity index (χ1) is 14.2. The highest BCUT2D eigenvalue weighted by molar-refractivity contribution is 7.88. The Kier molecular flexibility index (Phi) is 5.27. The van der Waals surface area contributed by atoms with Gasteiger partial charge in [0, 0.05) is 44.3 Å². The number of carbonyl (C=O) groups excluding carboxylic acids is 1. The van der Waals surface area contributed by atoms with E-state index in [9.17, 15) is 18.0 Å². The third kappa shape index (κ3) is 3.67. The fourth-order valence-corrected chi connectivity index (χ4v) is 5.39. The Morgan fingerprint density at radius 1 is 1.20 bits per heavy atom. The van der Waals surface area contributed by atoms with Crippen LogP contribution in [0.2, 0.25) is 0 Å². The van der Waals surface area contributed by atoms with E-state index in [-0.39, 0.29) is 11.5 Å². The Morgan fingerprint density at radius 3 is 2.53 bits per heavy atom. The molecule has 0 radical (unpaired) electrons. The molecule has 160 valence electrons. The van der Waals surface area contributed by atoms with Crippen molar-refractivity contribution >= 4 is 15.9 Å². The van der Waals surface area contributed by atoms with Crippen LogP contribution in [0.25, 0.3) is 0 Å². The maximum absolute atomic E-state index is 13.1. The van der Waals surface area contributed by atoms with E-state index in [0.717, 1.165) is 5.56 Å². The highest BCUT2D eigenvalue weighted by Gasteiger charge is 2.48. The molecular weight excluding hydrogens is 404 g/mol. The summed E-state index contributed by atoms with van der Waals surface area (Å²) >= 11 is 0. The first-order valence-corrected chi connectivity index (χ1v) is 12.0. The molecule has 2 aromatic rings. The summed E-state index contributed by atoms with van der Waals surface area (Å²) < 4.78 is 27.2. The second-order valence-corrected chi connectivity index (χ2v) is 10.1. The van der Waals surface area contributed by atoms with Gasteiger partial charge in [0.15, 0.2) is 0 Å². The van der Waals surface area contributed by atoms with E-state index in [0.29, 0.717) is 51.4 Å². The highest BCUT2D eigenvalue weighted by Crippen LogP contribution is 2.41. The molecule has 1 aromatic carbocycles. The molecule has 30 heavy (non-hydrogen) atoms. The summed E-state index contributed by atoms with van der Waals surface area (Å²) in [7, 11) is -3.29. The van der Waals surface area contributed by atoms with E-state index < -0.39 is 21.0 Å². The summed E-state index contributed by atoms with van der Waals surface area (Å²) in [6.07, 6.45) is 4.16. The van der Waals surface area contributed by atoms with Crippen molar-refractivity contribution < 1.29 is 13.2 Å². The number of rotatable bonds is 5. The number of nitrogens with zero attached hydrogens (tertiary/aromatic N) is 4. The van der Waals surface area contributed by atoms with Gasteiger partial charge in [0.05, 0.1) is 6.26 Å². The molecule has 1 amide bonds. The molecule has 1 saturated heterocycles. The van der Waals surface area contributed by atoms with Crippen molar-refractivity contribution in [1.29, 1.82) is 0 Å². The first kappa shape index (κ1) is 20.7. The van der Waals surface area contributed by atoms with Crippen molar-refractivity contribution in [3.8, 4) is 0 Å². The fraction of sp³-hybridized carbons (Fsp3) is 0.476. The normalized spacial score (nSPS) is 21.1. The molecule has 2 aliphatic heterocycles. The summed E-state index contributed by atoms with van der Waals surface area (Å²) in [4.78, 5) is 31.8. The van der Waals surface area contributed by atoms with Crippen LogP contribution in [0.1, 0.15) is 41.5 Å². The number of fused-ring (bicyclic) bond motifs is 2. The molecule has 8 nitrogen and oxygen atoms in total. The SMILES string of the molecule is CCN(Cc1ccccc1)C(=O)c1cn2c(nc1=O)C1(CCN(S(C)(=O)=O)C1)CC2. The van der Waals surface area contributed by atoms with Crippen LogP contribution in [0.3, 0.4) is 0 Å². The van der Waals surface area contributed by atoms with Gasteiger partial charge in [-0.3, -0.25) is 9.59 Å². The van der Waals surface area contributed by atoms with Crippen LogP contribution in [0.4, 0.5) is 0 Å². The maximum atomic E-state index is 13.1. The molecule has 0 N–H and O–H groups in total. The largest absolute Gasteiger partial charge is 0.335 e. The Balaban J connectivity index is 1.62. The number of benzene rings is 1. The predicted molar refractivity (Wildman–Crippen MR) is 113 cm³/mol. The summed E-state index contributed by atoms with van der Waals surface area (Å²) in [6, 6.07) is 9.64. The van der Waals surface area contributed by atoms with Crippen LogP contribution in [-0.2, 0) is 28.5 Å². The molecule has 9 heteroatoms. The zero-order valence-corrected chi connectivity index (χ0v) is 18.1. The lowest BCUT2D eigenvalue weighted by Crippen LogP contribution is -2.37. The number of aromatic nitrogens is 2. The van der Waals surface area contributed by atoms with Gasteiger partial charge in [0.2, 0.25) is 10.0 Å². The lowest BCUT2D eigenvalue weighted by atomic mass is 9.85. The molecule has 4 rings (SSSR count). The Hall–Kier alpha value is -2.52. The smallest absolute Gasteiger partial charge is 0.285 e. The lowest BCUT2D eigenvalue weighted by Gasteiger charge is -2.23. The van der Waals surface area contributed by atoms with E-state index in [1.165, 1.54) is 10.6 Å². The van der Waals surface area contributed by atoms with Gasteiger partial charge in [0.25, 0.3) is 11.5 Å². The average Bonchev–Trinajstić information content (AvgIpc) is 3.31. The van der Waals surface area contributed by atoms with Crippen molar-refractivity contribution in [3.05, 3.63) is 63.8 Å². The van der Waals surface area contributed by atoms with Crippen LogP contribution in [0.5, 0.6) is 0 Å². The molecule has 0 aliphatic carbocycles. The van der Waals surface area contributed by atoms with Gasteiger partial charge < -0.3 is 9.47 Å². The summed E-state index contributed by atoms with van der Waals surface area (Å²) in [6.45, 7) is 4.15. The molecule has 0 bridgehead atoms. The third-order valence-corrected chi connectivity index (χ3v) is 7.45. The number of amides is 1. The van der Waals surface area contributed by atoms with E-state index >= 15 is 0 Å². The van der Waals surface area contributed by atoms with Crippen molar-refractivity contribution in [2.24, 2.45) is 0 Å². The van der Waals surface area contributed by atoms with Crippen molar-refractivity contribution in [2.75, 3.05) is 25.9 Å². The van der Waals surface area contributed by atoms with Crippen LogP contribution >= 0.6 is 0 Å². The molecule has 0 saturated carbocycles. The fourth-order valence-electron chi connectivity index (χ4n) is 4.48. The van der Waals surface area contributed by atoms with E-state index in [1.807, 2.05) is 41.8 Å². The third-order valence-electron chi connectivity index (χ3n) is 6.20. The van der Waals surface area contributed by atoms with Gasteiger partial charge in [-0.1, -0.05) is 30.3 Å². The van der Waals surface area contributed by atoms with Gasteiger partial charge >= 0.3 is 0 Å². The van der Waals surface area contributed by atoms with Crippen LogP contribution in [-0.4, -0.2) is 59.0 Å². The van der Waals surface area contributed by atoms with Gasteiger partial charge in [-0.05, 0) is 25.3 Å². The zero-order valence-electron chi connectivity index (χ0n) is 17.2. The Bertz CT molecular complexity index is 1130. The molecule has 1 spiro atoms. The topological polar surface area (TPSA) is 92.6 Å². The predicted octanol–water partition coefficient (Wildman–Crippen LogP) is 1.21. The van der Waals surface area contributed by atoms with Gasteiger partial charge in [0.1, 0.15) is 11.4 Å². The number of aryl methyl sites for hydroxylation is 1. The van der Waals surface area contributed by atoms with Gasteiger partial charge in [-0.25, -0.2) is 12.7 Å². The molecule has 1 fully saturated rings. The number of carbonyl (C=O) groups is 1. The van der Waals surface area contributed by atoms with Crippen LogP contribution < -0.4 is 5.56 Å². The summed E-state index contributed by atoms with van der Waals surface area (Å²) in [5.74, 6) is 0.264. The lowest BCUT2D eigenvalue weighted by molar-refractivity contribution is 0.0749. The molecule has 2 aliphatic rings. The molecule has 1 atom stereocenters. The number of hydrogen-bond acceptors (Lipinski definition) is 5. The summed E-state index contributed by atoms with van der Waals surface area (Å²) in [5, 5.41) is 0. The maximum Gasteiger partial charge on any atom is 0.285 e. The summed E-state index contributed by atoms with van der Waals surface area (Å²) in [5.41, 5.74) is 0.0641. The van der Waals surface area contributed by atoms with E-state index in [2.05, 4.69) is 4.98 Å². The molecule has 3 heterocycles. The number of hydrogen-bond donors (Lipinski definition) is 0. The zero-order chi connectivity index (χ0) is 21.5. The Labute approximate surface area is 176 Å². The van der Waals surface area contributed by atoms with Gasteiger partial charge in [-0.2, -0.15) is 4.98 Å². The second kappa shape index (κ2) is 7.63. The van der Waals surface area contributed by atoms with Crippen molar-refractivity contribution in [1.82, 2.24) is 18.8 Å². The molecular formula is C21H26N4O4S. The minimum absolute atomic E-state index is 0.0616. The monoisotopic (exact) mass is 430 g/mol. The Morgan fingerprint density at radius 2 is 1.90 bits per heavy atom. The van der Waals surface area contributed by atoms with Crippen molar-refractivity contribution in [3.63, 3.8) is 0 Å². The van der Waals surface area contributed by atoms with E-state index in [4.69, 9.17) is 0 Å². The van der Waals surface area contributed by atoms with Crippen molar-refractivity contribution in [2.45, 2.75) is 38.3 Å². The quantitative estimate of drug-likeness (QED) is 0.711. The highest BCUT2D eigenvalue weighted by atomic mass is 32.2. The minimum Gasteiger partial charge on any atom is -0.335 e. The molecule has 1 unspecified atom stereocenters.